The number of halogens is 3. The van der Waals surface area contributed by atoms with Gasteiger partial charge >= 0.3 is 5.91 Å². The molecule has 26 heavy (non-hydrogen) atoms. The Labute approximate surface area is 186 Å². The van der Waals surface area contributed by atoms with E-state index >= 15 is 0 Å². The number of hydrogen-bond acceptors (Lipinski definition) is 4. The number of nitrogens with one attached hydrogen (secondary N) is 1. The third-order valence-corrected chi connectivity index (χ3v) is 5.50. The van der Waals surface area contributed by atoms with Crippen molar-refractivity contribution in [2.24, 2.45) is 5.10 Å². The number of furan rings is 1. The van der Waals surface area contributed by atoms with Crippen LogP contribution in [0.3, 0.4) is 0 Å². The Morgan fingerprint density at radius 3 is 2.81 bits per heavy atom. The molecule has 0 aliphatic heterocycles. The molecule has 0 unspecified atom stereocenters. The molecular weight excluding hydrogens is 626 g/mol. The molecule has 134 valence electrons. The van der Waals surface area contributed by atoms with Gasteiger partial charge in [-0.3, -0.25) is 4.79 Å². The second kappa shape index (κ2) is 8.70. The average Bonchev–Trinajstić information content (AvgIpc) is 3.02. The quantitative estimate of drug-likeness (QED) is 0.226. The molecule has 8 heteroatoms. The number of hydrazone groups is 1. The first-order chi connectivity index (χ1) is 12.5. The fourth-order valence-electron chi connectivity index (χ4n) is 2.28. The van der Waals surface area contributed by atoms with Crippen molar-refractivity contribution in [3.05, 3.63) is 59.3 Å². The first-order valence-electron chi connectivity index (χ1n) is 7.62. The van der Waals surface area contributed by atoms with Crippen LogP contribution in [0.15, 0.2) is 50.4 Å². The fourth-order valence-corrected chi connectivity index (χ4v) is 4.63. The number of carbonyl (C=O) groups is 1. The number of hydrogen-bond donors (Lipinski definition) is 1. The predicted octanol–water partition coefficient (Wildman–Crippen LogP) is 5.57. The van der Waals surface area contributed by atoms with Crippen LogP contribution < -0.4 is 10.2 Å². The number of benzene rings is 2. The molecule has 2 aromatic carbocycles. The van der Waals surface area contributed by atoms with E-state index in [0.29, 0.717) is 12.2 Å². The van der Waals surface area contributed by atoms with Crippen LogP contribution in [0.2, 0.25) is 0 Å². The van der Waals surface area contributed by atoms with Crippen LogP contribution in [0.1, 0.15) is 23.0 Å². The van der Waals surface area contributed by atoms with Gasteiger partial charge in [0.1, 0.15) is 11.3 Å². The molecule has 3 aromatic rings. The van der Waals surface area contributed by atoms with E-state index in [1.807, 2.05) is 37.3 Å². The number of amides is 1. The summed E-state index contributed by atoms with van der Waals surface area (Å²) in [5.41, 5.74) is 4.04. The molecule has 0 saturated heterocycles. The molecule has 0 aliphatic rings. The molecule has 1 N–H and O–H groups in total. The van der Waals surface area contributed by atoms with E-state index in [4.69, 9.17) is 9.15 Å². The zero-order chi connectivity index (χ0) is 18.7. The maximum Gasteiger partial charge on any atom is 0.307 e. The van der Waals surface area contributed by atoms with Crippen LogP contribution in [0, 0.1) is 7.14 Å². The first-order valence-corrected chi connectivity index (χ1v) is 10.6. The molecule has 0 fully saturated rings. The molecule has 3 rings (SSSR count). The lowest BCUT2D eigenvalue weighted by Crippen LogP contribution is -2.16. The highest BCUT2D eigenvalue weighted by Crippen LogP contribution is 2.28. The van der Waals surface area contributed by atoms with Gasteiger partial charge in [-0.2, -0.15) is 5.10 Å². The van der Waals surface area contributed by atoms with Crippen molar-refractivity contribution in [2.75, 3.05) is 6.61 Å². The Kier molecular flexibility index (Phi) is 6.56. The SMILES string of the molecule is CCOc1ccc(/C=N\NC(=O)c2cc3cc(Br)cc(I)c3o2)cc1I. The van der Waals surface area contributed by atoms with E-state index in [1.165, 1.54) is 0 Å². The molecular formula is C18H13BrI2N2O3. The van der Waals surface area contributed by atoms with E-state index in [1.54, 1.807) is 12.3 Å². The van der Waals surface area contributed by atoms with Crippen LogP contribution in [-0.2, 0) is 0 Å². The highest BCUT2D eigenvalue weighted by Gasteiger charge is 2.14. The maximum absolute atomic E-state index is 12.3. The Hall–Kier alpha value is -1.14. The lowest BCUT2D eigenvalue weighted by molar-refractivity contribution is 0.0929. The summed E-state index contributed by atoms with van der Waals surface area (Å²) >= 11 is 7.81. The van der Waals surface area contributed by atoms with E-state index < -0.39 is 5.91 Å². The number of ether oxygens (including phenoxy) is 1. The van der Waals surface area contributed by atoms with Gasteiger partial charge in [-0.1, -0.05) is 15.9 Å². The smallest absolute Gasteiger partial charge is 0.307 e. The van der Waals surface area contributed by atoms with Crippen molar-refractivity contribution >= 4 is 84.2 Å². The molecule has 0 radical (unpaired) electrons. The maximum atomic E-state index is 12.3. The summed E-state index contributed by atoms with van der Waals surface area (Å²) in [6.45, 7) is 2.56. The van der Waals surface area contributed by atoms with Crippen molar-refractivity contribution < 1.29 is 13.9 Å². The third kappa shape index (κ3) is 4.58. The van der Waals surface area contributed by atoms with Crippen molar-refractivity contribution in [2.45, 2.75) is 6.92 Å². The van der Waals surface area contributed by atoms with Gasteiger partial charge < -0.3 is 9.15 Å². The molecule has 1 aromatic heterocycles. The zero-order valence-electron chi connectivity index (χ0n) is 13.6. The summed E-state index contributed by atoms with van der Waals surface area (Å²) in [6, 6.07) is 11.2. The van der Waals surface area contributed by atoms with Gasteiger partial charge in [0.25, 0.3) is 0 Å². The van der Waals surface area contributed by atoms with Crippen molar-refractivity contribution in [3.63, 3.8) is 0 Å². The number of carbonyl (C=O) groups excluding carboxylic acids is 1. The third-order valence-electron chi connectivity index (χ3n) is 3.40. The van der Waals surface area contributed by atoms with Crippen LogP contribution >= 0.6 is 61.1 Å². The van der Waals surface area contributed by atoms with Gasteiger partial charge in [0, 0.05) is 9.86 Å². The summed E-state index contributed by atoms with van der Waals surface area (Å²) in [4.78, 5) is 12.3. The van der Waals surface area contributed by atoms with Gasteiger partial charge in [-0.25, -0.2) is 5.43 Å². The Morgan fingerprint density at radius 2 is 2.08 bits per heavy atom. The molecule has 0 saturated carbocycles. The fraction of sp³-hybridized carbons (Fsp3) is 0.111. The second-order valence-electron chi connectivity index (χ2n) is 5.24. The molecule has 0 spiro atoms. The minimum absolute atomic E-state index is 0.217. The molecule has 1 heterocycles. The zero-order valence-corrected chi connectivity index (χ0v) is 19.5. The Balaban J connectivity index is 1.71. The van der Waals surface area contributed by atoms with Gasteiger partial charge in [-0.15, -0.1) is 0 Å². The molecule has 5 nitrogen and oxygen atoms in total. The van der Waals surface area contributed by atoms with Crippen LogP contribution in [0.4, 0.5) is 0 Å². The van der Waals surface area contributed by atoms with Crippen molar-refractivity contribution in [1.29, 1.82) is 0 Å². The number of rotatable bonds is 5. The van der Waals surface area contributed by atoms with Crippen LogP contribution in [0.25, 0.3) is 11.0 Å². The molecule has 0 aliphatic carbocycles. The van der Waals surface area contributed by atoms with Gasteiger partial charge in [-0.05, 0) is 94.1 Å². The molecule has 0 bridgehead atoms. The van der Waals surface area contributed by atoms with Gasteiger partial charge in [0.05, 0.1) is 20.0 Å². The number of nitrogens with zero attached hydrogens (tertiary/aromatic N) is 1. The average molecular weight is 639 g/mol. The van der Waals surface area contributed by atoms with Gasteiger partial charge in [0.2, 0.25) is 0 Å². The lowest BCUT2D eigenvalue weighted by Gasteiger charge is -2.05. The van der Waals surface area contributed by atoms with Crippen LogP contribution in [0.5, 0.6) is 5.75 Å². The first kappa shape index (κ1) is 19.6. The monoisotopic (exact) mass is 638 g/mol. The summed E-state index contributed by atoms with van der Waals surface area (Å²) in [7, 11) is 0. The highest BCUT2D eigenvalue weighted by molar-refractivity contribution is 14.1. The topological polar surface area (TPSA) is 63.8 Å². The van der Waals surface area contributed by atoms with E-state index in [-0.39, 0.29) is 5.76 Å². The molecule has 0 atom stereocenters. The van der Waals surface area contributed by atoms with E-state index in [9.17, 15) is 4.79 Å². The summed E-state index contributed by atoms with van der Waals surface area (Å²) in [5.74, 6) is 0.650. The second-order valence-corrected chi connectivity index (χ2v) is 8.48. The summed E-state index contributed by atoms with van der Waals surface area (Å²) < 4.78 is 14.0. The lowest BCUT2D eigenvalue weighted by atomic mass is 10.2. The van der Waals surface area contributed by atoms with E-state index in [2.05, 4.69) is 71.6 Å². The Morgan fingerprint density at radius 1 is 1.27 bits per heavy atom. The summed E-state index contributed by atoms with van der Waals surface area (Å²) in [5, 5.41) is 4.87. The minimum Gasteiger partial charge on any atom is -0.493 e. The Bertz CT molecular complexity index is 1000. The highest BCUT2D eigenvalue weighted by atomic mass is 127. The minimum atomic E-state index is -0.398. The summed E-state index contributed by atoms with van der Waals surface area (Å²) in [6.07, 6.45) is 1.58. The van der Waals surface area contributed by atoms with Crippen LogP contribution in [-0.4, -0.2) is 18.7 Å². The van der Waals surface area contributed by atoms with Crippen molar-refractivity contribution in [3.8, 4) is 5.75 Å². The largest absolute Gasteiger partial charge is 0.493 e. The van der Waals surface area contributed by atoms with Crippen molar-refractivity contribution in [1.82, 2.24) is 5.43 Å². The van der Waals surface area contributed by atoms with Gasteiger partial charge in [0.15, 0.2) is 5.76 Å². The predicted molar refractivity (Wildman–Crippen MR) is 122 cm³/mol. The van der Waals surface area contributed by atoms with E-state index in [0.717, 1.165) is 28.3 Å². The normalized spacial score (nSPS) is 11.2. The number of fused-ring (bicyclic) bond motifs is 1. The molecule has 1 amide bonds. The standard InChI is InChI=1S/C18H13BrI2N2O3/c1-2-25-15-4-3-10(5-13(15)20)9-22-23-18(24)16-7-11-6-12(19)8-14(21)17(11)26-16/h3-9H,2H2,1H3,(H,23,24)/b22-9-.